The van der Waals surface area contributed by atoms with Gasteiger partial charge in [0.1, 0.15) is 11.5 Å². The Morgan fingerprint density at radius 1 is 0.971 bits per heavy atom. The number of nitrogens with zero attached hydrogens (tertiary/aromatic N) is 2. The van der Waals surface area contributed by atoms with Crippen molar-refractivity contribution in [2.24, 2.45) is 0 Å². The Balaban J connectivity index is 1.33. The third-order valence-electron chi connectivity index (χ3n) is 5.97. The van der Waals surface area contributed by atoms with Crippen molar-refractivity contribution in [1.29, 1.82) is 0 Å². The molecule has 1 N–H and O–H groups in total. The van der Waals surface area contributed by atoms with Gasteiger partial charge in [0.15, 0.2) is 5.82 Å². The van der Waals surface area contributed by atoms with Gasteiger partial charge in [0.25, 0.3) is 5.91 Å². The molecule has 4 aromatic rings. The minimum Gasteiger partial charge on any atom is -0.497 e. The van der Waals surface area contributed by atoms with E-state index in [-0.39, 0.29) is 11.9 Å². The highest BCUT2D eigenvalue weighted by molar-refractivity contribution is 5.95. The van der Waals surface area contributed by atoms with E-state index in [1.807, 2.05) is 54.6 Å². The topological polar surface area (TPSA) is 73.3 Å². The van der Waals surface area contributed by atoms with Gasteiger partial charge in [-0.25, -0.2) is 4.98 Å². The van der Waals surface area contributed by atoms with E-state index in [2.05, 4.69) is 33.5 Å². The summed E-state index contributed by atoms with van der Waals surface area (Å²) in [4.78, 5) is 22.0. The van der Waals surface area contributed by atoms with Gasteiger partial charge in [-0.2, -0.15) is 4.98 Å². The molecule has 0 saturated heterocycles. The summed E-state index contributed by atoms with van der Waals surface area (Å²) in [6.45, 7) is 0. The monoisotopic (exact) mass is 451 g/mol. The normalized spacial score (nSPS) is 14.7. The van der Waals surface area contributed by atoms with Crippen molar-refractivity contribution in [3.05, 3.63) is 102 Å². The number of hydrogen-bond donors (Lipinski definition) is 1. The molecule has 1 atom stereocenters. The first kappa shape index (κ1) is 21.6. The summed E-state index contributed by atoms with van der Waals surface area (Å²) in [5, 5.41) is 3.21. The molecule has 0 bridgehead atoms. The second kappa shape index (κ2) is 9.75. The van der Waals surface area contributed by atoms with E-state index in [1.165, 1.54) is 11.1 Å². The zero-order valence-corrected chi connectivity index (χ0v) is 18.9. The Bertz CT molecular complexity index is 1300. The molecule has 0 fully saturated rings. The molecular formula is C28H25N3O3. The van der Waals surface area contributed by atoms with Crippen molar-refractivity contribution in [3.8, 4) is 28.8 Å². The summed E-state index contributed by atoms with van der Waals surface area (Å²) in [5.74, 6) is 2.20. The van der Waals surface area contributed by atoms with Crippen LogP contribution in [0.4, 0.5) is 0 Å². The van der Waals surface area contributed by atoms with Gasteiger partial charge in [0.05, 0.1) is 13.2 Å². The molecule has 0 saturated carbocycles. The Hall–Kier alpha value is -4.19. The maximum Gasteiger partial charge on any atom is 0.251 e. The van der Waals surface area contributed by atoms with Crippen LogP contribution in [0.15, 0.2) is 85.1 Å². The highest BCUT2D eigenvalue weighted by Crippen LogP contribution is 2.30. The maximum absolute atomic E-state index is 13.1. The summed E-state index contributed by atoms with van der Waals surface area (Å²) in [5.41, 5.74) is 3.85. The van der Waals surface area contributed by atoms with Crippen LogP contribution in [0.1, 0.15) is 40.4 Å². The standard InChI is InChI=1S/C28H25N3O3/c1-33-22-12-14-23(15-13-22)34-26-16-17-29-27(31-26)20-8-4-9-21(18-20)28(32)30-25-11-5-7-19-6-2-3-10-24(19)25/h2-4,6,8-10,12-18,25H,5,7,11H2,1H3,(H,30,32). The third-order valence-corrected chi connectivity index (χ3v) is 5.97. The lowest BCUT2D eigenvalue weighted by molar-refractivity contribution is 0.0933. The van der Waals surface area contributed by atoms with Crippen LogP contribution in [0.2, 0.25) is 0 Å². The lowest BCUT2D eigenvalue weighted by Gasteiger charge is -2.26. The van der Waals surface area contributed by atoms with Gasteiger partial charge in [-0.1, -0.05) is 36.4 Å². The van der Waals surface area contributed by atoms with Crippen LogP contribution in [0, 0.1) is 0 Å². The SMILES string of the molecule is COc1ccc(Oc2ccnc(-c3cccc(C(=O)NC4CCCc5ccccc54)c3)n2)cc1. The highest BCUT2D eigenvalue weighted by Gasteiger charge is 2.22. The van der Waals surface area contributed by atoms with Gasteiger partial charge in [-0.15, -0.1) is 0 Å². The number of amides is 1. The molecule has 1 aliphatic carbocycles. The molecule has 0 spiro atoms. The largest absolute Gasteiger partial charge is 0.497 e. The minimum atomic E-state index is -0.103. The van der Waals surface area contributed by atoms with E-state index in [0.29, 0.717) is 23.0 Å². The molecule has 6 heteroatoms. The third kappa shape index (κ3) is 4.76. The van der Waals surface area contributed by atoms with Crippen LogP contribution >= 0.6 is 0 Å². The van der Waals surface area contributed by atoms with E-state index in [9.17, 15) is 4.79 Å². The predicted octanol–water partition coefficient (Wildman–Crippen LogP) is 5.75. The van der Waals surface area contributed by atoms with E-state index >= 15 is 0 Å². The Morgan fingerprint density at radius 2 is 1.79 bits per heavy atom. The quantitative estimate of drug-likeness (QED) is 0.404. The summed E-state index contributed by atoms with van der Waals surface area (Å²) in [7, 11) is 1.62. The average molecular weight is 452 g/mol. The molecular weight excluding hydrogens is 426 g/mol. The molecule has 1 aromatic heterocycles. The minimum absolute atomic E-state index is 0.0265. The Labute approximate surface area is 198 Å². The lowest BCUT2D eigenvalue weighted by Crippen LogP contribution is -2.30. The van der Waals surface area contributed by atoms with Crippen molar-refractivity contribution in [2.45, 2.75) is 25.3 Å². The summed E-state index contributed by atoms with van der Waals surface area (Å²) in [6.07, 6.45) is 4.71. The zero-order valence-electron chi connectivity index (χ0n) is 18.9. The first-order valence-corrected chi connectivity index (χ1v) is 11.3. The Kier molecular flexibility index (Phi) is 6.21. The number of fused-ring (bicyclic) bond motifs is 1. The molecule has 6 nitrogen and oxygen atoms in total. The molecule has 0 radical (unpaired) electrons. The molecule has 1 heterocycles. The number of ether oxygens (including phenoxy) is 2. The molecule has 5 rings (SSSR count). The second-order valence-corrected chi connectivity index (χ2v) is 8.19. The first-order valence-electron chi connectivity index (χ1n) is 11.3. The fraction of sp³-hybridized carbons (Fsp3) is 0.179. The molecule has 1 unspecified atom stereocenters. The van der Waals surface area contributed by atoms with Crippen molar-refractivity contribution in [2.75, 3.05) is 7.11 Å². The van der Waals surface area contributed by atoms with E-state index in [1.54, 1.807) is 19.4 Å². The number of benzene rings is 3. The fourth-order valence-electron chi connectivity index (χ4n) is 4.25. The molecule has 170 valence electrons. The van der Waals surface area contributed by atoms with Crippen LogP contribution in [0.3, 0.4) is 0 Å². The van der Waals surface area contributed by atoms with Crippen LogP contribution in [0.25, 0.3) is 11.4 Å². The number of rotatable bonds is 6. The summed E-state index contributed by atoms with van der Waals surface area (Å²) in [6, 6.07) is 24.7. The van der Waals surface area contributed by atoms with E-state index < -0.39 is 0 Å². The molecule has 1 amide bonds. The fourth-order valence-corrected chi connectivity index (χ4v) is 4.25. The van der Waals surface area contributed by atoms with Crippen LogP contribution in [-0.2, 0) is 6.42 Å². The first-order chi connectivity index (χ1) is 16.7. The van der Waals surface area contributed by atoms with E-state index in [0.717, 1.165) is 30.6 Å². The number of hydrogen-bond acceptors (Lipinski definition) is 5. The number of carbonyl (C=O) groups is 1. The van der Waals surface area contributed by atoms with Gasteiger partial charge < -0.3 is 14.8 Å². The summed E-state index contributed by atoms with van der Waals surface area (Å²) >= 11 is 0. The molecule has 1 aliphatic rings. The molecule has 3 aromatic carbocycles. The summed E-state index contributed by atoms with van der Waals surface area (Å²) < 4.78 is 11.0. The highest BCUT2D eigenvalue weighted by atomic mass is 16.5. The van der Waals surface area contributed by atoms with Crippen molar-refractivity contribution in [1.82, 2.24) is 15.3 Å². The van der Waals surface area contributed by atoms with Gasteiger partial charge >= 0.3 is 0 Å². The Morgan fingerprint density at radius 3 is 2.65 bits per heavy atom. The van der Waals surface area contributed by atoms with Gasteiger partial charge in [0, 0.05) is 23.4 Å². The van der Waals surface area contributed by atoms with Crippen molar-refractivity contribution >= 4 is 5.91 Å². The van der Waals surface area contributed by atoms with Crippen LogP contribution < -0.4 is 14.8 Å². The van der Waals surface area contributed by atoms with Gasteiger partial charge in [-0.05, 0) is 66.8 Å². The van der Waals surface area contributed by atoms with Gasteiger partial charge in [-0.3, -0.25) is 4.79 Å². The average Bonchev–Trinajstić information content (AvgIpc) is 2.89. The van der Waals surface area contributed by atoms with Crippen molar-refractivity contribution in [3.63, 3.8) is 0 Å². The predicted molar refractivity (Wildman–Crippen MR) is 130 cm³/mol. The number of nitrogens with one attached hydrogen (secondary N) is 1. The van der Waals surface area contributed by atoms with E-state index in [4.69, 9.17) is 9.47 Å². The number of methoxy groups -OCH3 is 1. The molecule has 34 heavy (non-hydrogen) atoms. The molecule has 0 aliphatic heterocycles. The lowest BCUT2D eigenvalue weighted by atomic mass is 9.87. The zero-order chi connectivity index (χ0) is 23.3. The second-order valence-electron chi connectivity index (χ2n) is 8.19. The number of aryl methyl sites for hydroxylation is 1. The van der Waals surface area contributed by atoms with Crippen LogP contribution in [0.5, 0.6) is 17.4 Å². The maximum atomic E-state index is 13.1. The van der Waals surface area contributed by atoms with Crippen molar-refractivity contribution < 1.29 is 14.3 Å². The smallest absolute Gasteiger partial charge is 0.251 e. The number of aromatic nitrogens is 2. The van der Waals surface area contributed by atoms with Gasteiger partial charge in [0.2, 0.25) is 5.88 Å². The van der Waals surface area contributed by atoms with Crippen LogP contribution in [-0.4, -0.2) is 23.0 Å². The number of carbonyl (C=O) groups excluding carboxylic acids is 1.